The summed E-state index contributed by atoms with van der Waals surface area (Å²) in [5, 5.41) is 16.5. The minimum Gasteiger partial charge on any atom is -0.481 e. The van der Waals surface area contributed by atoms with Gasteiger partial charge in [0.05, 0.1) is 13.0 Å². The minimum atomic E-state index is -1.37. The number of carboxylic acids is 1. The van der Waals surface area contributed by atoms with Crippen LogP contribution in [0, 0.1) is 0 Å². The van der Waals surface area contributed by atoms with Gasteiger partial charge in [0.2, 0.25) is 11.8 Å². The number of nitrogens with one attached hydrogen (secondary N) is 3. The Balaban J connectivity index is 1.35. The zero-order chi connectivity index (χ0) is 23.4. The quantitative estimate of drug-likeness (QED) is 0.459. The Bertz CT molecular complexity index is 1040. The van der Waals surface area contributed by atoms with E-state index in [2.05, 4.69) is 16.0 Å². The van der Waals surface area contributed by atoms with Crippen LogP contribution in [0.1, 0.15) is 36.3 Å². The maximum atomic E-state index is 12.4. The Kier molecular flexibility index (Phi) is 6.58. The van der Waals surface area contributed by atoms with E-state index >= 15 is 0 Å². The molecule has 0 bridgehead atoms. The predicted molar refractivity (Wildman–Crippen MR) is 118 cm³/mol. The molecule has 0 aromatic heterocycles. The lowest BCUT2D eigenvalue weighted by Gasteiger charge is -2.18. The fourth-order valence-corrected chi connectivity index (χ4v) is 3.96. The number of rotatable bonds is 9. The molecular formula is C24H25N3O6. The Morgan fingerprint density at radius 2 is 1.58 bits per heavy atom. The summed E-state index contributed by atoms with van der Waals surface area (Å²) >= 11 is 0. The Hall–Kier alpha value is -3.88. The molecule has 4 rings (SSSR count). The smallest absolute Gasteiger partial charge is 0.407 e. The highest BCUT2D eigenvalue weighted by Gasteiger charge is 2.30. The van der Waals surface area contributed by atoms with Crippen molar-refractivity contribution in [1.29, 1.82) is 0 Å². The van der Waals surface area contributed by atoms with Gasteiger partial charge in [-0.05, 0) is 35.1 Å². The number of carboxylic acid groups (broad SMARTS) is 1. The molecule has 1 fully saturated rings. The Morgan fingerprint density at radius 1 is 0.970 bits per heavy atom. The minimum absolute atomic E-state index is 0.0328. The van der Waals surface area contributed by atoms with Gasteiger partial charge in [0.1, 0.15) is 12.6 Å². The van der Waals surface area contributed by atoms with Gasteiger partial charge in [0, 0.05) is 12.0 Å². The number of aliphatic carboxylic acids is 1. The van der Waals surface area contributed by atoms with E-state index in [0.29, 0.717) is 0 Å². The van der Waals surface area contributed by atoms with Gasteiger partial charge in [-0.15, -0.1) is 0 Å². The van der Waals surface area contributed by atoms with Gasteiger partial charge in [-0.1, -0.05) is 48.5 Å². The first-order valence-electron chi connectivity index (χ1n) is 10.8. The van der Waals surface area contributed by atoms with E-state index in [-0.39, 0.29) is 31.0 Å². The van der Waals surface area contributed by atoms with E-state index in [4.69, 9.17) is 9.84 Å². The summed E-state index contributed by atoms with van der Waals surface area (Å²) in [6.45, 7) is -0.261. The highest BCUT2D eigenvalue weighted by Crippen LogP contribution is 2.44. The Labute approximate surface area is 190 Å². The van der Waals surface area contributed by atoms with E-state index in [1.807, 2.05) is 48.5 Å². The van der Waals surface area contributed by atoms with Gasteiger partial charge >= 0.3 is 12.1 Å². The van der Waals surface area contributed by atoms with Crippen LogP contribution in [0.4, 0.5) is 4.79 Å². The number of amides is 3. The third kappa shape index (κ3) is 5.49. The number of carbonyl (C=O) groups excluding carboxylic acids is 3. The zero-order valence-corrected chi connectivity index (χ0v) is 17.9. The second-order valence-electron chi connectivity index (χ2n) is 8.18. The monoisotopic (exact) mass is 451 g/mol. The van der Waals surface area contributed by atoms with Gasteiger partial charge in [-0.3, -0.25) is 14.4 Å². The number of fused-ring (bicyclic) bond motifs is 3. The fourth-order valence-electron chi connectivity index (χ4n) is 3.96. The SMILES string of the molecule is O=C(O)CC(NC(=O)OCC1c2ccccc2-c2ccccc21)C(=O)NCC(=O)NC1CC1. The van der Waals surface area contributed by atoms with Crippen molar-refractivity contribution in [2.75, 3.05) is 13.2 Å². The van der Waals surface area contributed by atoms with Crippen molar-refractivity contribution in [1.82, 2.24) is 16.0 Å². The lowest BCUT2D eigenvalue weighted by Crippen LogP contribution is -2.50. The highest BCUT2D eigenvalue weighted by molar-refractivity contribution is 5.92. The second-order valence-corrected chi connectivity index (χ2v) is 8.18. The van der Waals surface area contributed by atoms with Crippen molar-refractivity contribution in [3.63, 3.8) is 0 Å². The van der Waals surface area contributed by atoms with Gasteiger partial charge in [0.15, 0.2) is 0 Å². The number of carbonyl (C=O) groups is 4. The van der Waals surface area contributed by atoms with Crippen LogP contribution in [0.15, 0.2) is 48.5 Å². The van der Waals surface area contributed by atoms with Crippen molar-refractivity contribution in [3.8, 4) is 11.1 Å². The first-order chi connectivity index (χ1) is 15.9. The molecule has 0 aliphatic heterocycles. The molecule has 2 aliphatic carbocycles. The first-order valence-corrected chi connectivity index (χ1v) is 10.8. The normalized spacial score (nSPS) is 15.0. The number of hydrogen-bond donors (Lipinski definition) is 4. The summed E-state index contributed by atoms with van der Waals surface area (Å²) in [6, 6.07) is 14.5. The fraction of sp³-hybridized carbons (Fsp3) is 0.333. The maximum absolute atomic E-state index is 12.4. The largest absolute Gasteiger partial charge is 0.481 e. The summed E-state index contributed by atoms with van der Waals surface area (Å²) in [5.41, 5.74) is 4.23. The van der Waals surface area contributed by atoms with Crippen LogP contribution in [-0.4, -0.2) is 54.2 Å². The Morgan fingerprint density at radius 3 is 2.15 bits per heavy atom. The summed E-state index contributed by atoms with van der Waals surface area (Å²) in [5.74, 6) is -2.56. The third-order valence-electron chi connectivity index (χ3n) is 5.70. The van der Waals surface area contributed by atoms with E-state index in [0.717, 1.165) is 35.1 Å². The summed E-state index contributed by atoms with van der Waals surface area (Å²) in [4.78, 5) is 47.7. The van der Waals surface area contributed by atoms with Gasteiger partial charge in [0.25, 0.3) is 0 Å². The van der Waals surface area contributed by atoms with Crippen molar-refractivity contribution in [3.05, 3.63) is 59.7 Å². The summed E-state index contributed by atoms with van der Waals surface area (Å²) in [7, 11) is 0. The molecule has 9 nitrogen and oxygen atoms in total. The summed E-state index contributed by atoms with van der Waals surface area (Å²) < 4.78 is 5.39. The first kappa shape index (κ1) is 22.3. The molecule has 9 heteroatoms. The van der Waals surface area contributed by atoms with Crippen LogP contribution in [-0.2, 0) is 19.1 Å². The molecule has 4 N–H and O–H groups in total. The molecule has 172 valence electrons. The lowest BCUT2D eigenvalue weighted by atomic mass is 9.98. The maximum Gasteiger partial charge on any atom is 0.407 e. The van der Waals surface area contributed by atoms with Gasteiger partial charge < -0.3 is 25.8 Å². The molecule has 0 saturated heterocycles. The lowest BCUT2D eigenvalue weighted by molar-refractivity contribution is -0.139. The molecule has 1 saturated carbocycles. The molecule has 33 heavy (non-hydrogen) atoms. The van der Waals surface area contributed by atoms with Crippen LogP contribution in [0.3, 0.4) is 0 Å². The molecule has 0 spiro atoms. The number of ether oxygens (including phenoxy) is 1. The van der Waals surface area contributed by atoms with E-state index in [1.54, 1.807) is 0 Å². The van der Waals surface area contributed by atoms with Crippen LogP contribution in [0.2, 0.25) is 0 Å². The van der Waals surface area contributed by atoms with E-state index < -0.39 is 30.4 Å². The van der Waals surface area contributed by atoms with Crippen molar-refractivity contribution in [2.24, 2.45) is 0 Å². The number of hydrogen-bond acceptors (Lipinski definition) is 5. The standard InChI is InChI=1S/C24H25N3O6/c28-21(26-14-9-10-14)12-25-23(31)20(11-22(29)30)27-24(32)33-13-19-17-7-3-1-5-15(17)16-6-2-4-8-18(16)19/h1-8,14,19-20H,9-13H2,(H,25,31)(H,26,28)(H,27,32)(H,29,30). The van der Waals surface area contributed by atoms with Crippen LogP contribution >= 0.6 is 0 Å². The topological polar surface area (TPSA) is 134 Å². The molecule has 0 heterocycles. The molecule has 2 aromatic rings. The predicted octanol–water partition coefficient (Wildman–Crippen LogP) is 1.76. The van der Waals surface area contributed by atoms with Crippen molar-refractivity contribution < 1.29 is 29.0 Å². The highest BCUT2D eigenvalue weighted by atomic mass is 16.5. The molecule has 2 aliphatic rings. The average molecular weight is 451 g/mol. The molecule has 0 radical (unpaired) electrons. The van der Waals surface area contributed by atoms with Gasteiger partial charge in [-0.25, -0.2) is 4.79 Å². The molecule has 2 aromatic carbocycles. The average Bonchev–Trinajstić information content (AvgIpc) is 3.55. The molecular weight excluding hydrogens is 426 g/mol. The molecule has 1 atom stereocenters. The zero-order valence-electron chi connectivity index (χ0n) is 17.9. The van der Waals surface area contributed by atoms with Gasteiger partial charge in [-0.2, -0.15) is 0 Å². The van der Waals surface area contributed by atoms with E-state index in [9.17, 15) is 19.2 Å². The summed E-state index contributed by atoms with van der Waals surface area (Å²) in [6.07, 6.45) is 0.274. The second kappa shape index (κ2) is 9.72. The third-order valence-corrected chi connectivity index (χ3v) is 5.70. The van der Waals surface area contributed by atoms with Crippen molar-refractivity contribution in [2.45, 2.75) is 37.3 Å². The van der Waals surface area contributed by atoms with Crippen LogP contribution in [0.25, 0.3) is 11.1 Å². The molecule has 3 amide bonds. The van der Waals surface area contributed by atoms with Crippen LogP contribution < -0.4 is 16.0 Å². The number of alkyl carbamates (subject to hydrolysis) is 1. The molecule has 1 unspecified atom stereocenters. The number of benzene rings is 2. The van der Waals surface area contributed by atoms with E-state index in [1.165, 1.54) is 0 Å². The van der Waals surface area contributed by atoms with Crippen LogP contribution in [0.5, 0.6) is 0 Å². The van der Waals surface area contributed by atoms with Crippen molar-refractivity contribution >= 4 is 23.9 Å².